The zero-order valence-electron chi connectivity index (χ0n) is 19.2. The van der Waals surface area contributed by atoms with Gasteiger partial charge in [-0.2, -0.15) is 0 Å². The average Bonchev–Trinajstić information content (AvgIpc) is 3.14. The molecule has 32 heavy (non-hydrogen) atoms. The molecule has 2 aliphatic rings. The molecular weight excluding hydrogens is 396 g/mol. The van der Waals surface area contributed by atoms with Crippen molar-refractivity contribution in [3.05, 3.63) is 107 Å². The second kappa shape index (κ2) is 7.23. The molecule has 0 N–H and O–H groups in total. The summed E-state index contributed by atoms with van der Waals surface area (Å²) >= 11 is 0. The van der Waals surface area contributed by atoms with Crippen LogP contribution in [0.3, 0.4) is 0 Å². The van der Waals surface area contributed by atoms with Gasteiger partial charge in [0.15, 0.2) is 0 Å². The van der Waals surface area contributed by atoms with Crippen LogP contribution in [-0.4, -0.2) is 12.3 Å². The molecule has 3 aromatic carbocycles. The Hall–Kier alpha value is -3.07. The number of hydrogen-bond acceptors (Lipinski definition) is 3. The third-order valence-corrected chi connectivity index (χ3v) is 7.48. The second-order valence-electron chi connectivity index (χ2n) is 10.4. The molecule has 164 valence electrons. The lowest BCUT2D eigenvalue weighted by atomic mass is 9.70. The lowest BCUT2D eigenvalue weighted by Gasteiger charge is -2.39. The van der Waals surface area contributed by atoms with E-state index in [1.807, 2.05) is 30.3 Å². The number of fused-ring (bicyclic) bond motifs is 4. The highest BCUT2D eigenvalue weighted by Gasteiger charge is 2.64. The summed E-state index contributed by atoms with van der Waals surface area (Å²) in [6.45, 7) is 9.15. The van der Waals surface area contributed by atoms with Crippen molar-refractivity contribution in [3.8, 4) is 0 Å². The Kier molecular flexibility index (Phi) is 4.70. The topological polar surface area (TPSA) is 35.5 Å². The van der Waals surface area contributed by atoms with Crippen molar-refractivity contribution in [2.45, 2.75) is 63.1 Å². The molecule has 1 spiro atoms. The second-order valence-corrected chi connectivity index (χ2v) is 10.4. The minimum Gasteiger partial charge on any atom is -0.429 e. The summed E-state index contributed by atoms with van der Waals surface area (Å²) in [5.74, 6) is 0. The van der Waals surface area contributed by atoms with Crippen molar-refractivity contribution in [3.63, 3.8) is 0 Å². The first kappa shape index (κ1) is 20.8. The van der Waals surface area contributed by atoms with Crippen molar-refractivity contribution in [2.24, 2.45) is 0 Å². The van der Waals surface area contributed by atoms with Crippen LogP contribution in [-0.2, 0) is 32.3 Å². The van der Waals surface area contributed by atoms with Gasteiger partial charge in [-0.05, 0) is 39.7 Å². The van der Waals surface area contributed by atoms with E-state index < -0.39 is 11.6 Å². The summed E-state index contributed by atoms with van der Waals surface area (Å²) in [6, 6.07) is 26.9. The molecule has 0 heterocycles. The van der Waals surface area contributed by atoms with Crippen LogP contribution in [0.1, 0.15) is 61.9 Å². The largest absolute Gasteiger partial charge is 0.508 e. The van der Waals surface area contributed by atoms with Gasteiger partial charge in [-0.15, -0.1) is 0 Å². The molecule has 0 radical (unpaired) electrons. The molecule has 3 aromatic rings. The number of ether oxygens (including phenoxy) is 2. The third-order valence-electron chi connectivity index (χ3n) is 7.48. The maximum atomic E-state index is 13.0. The van der Waals surface area contributed by atoms with Crippen molar-refractivity contribution in [1.82, 2.24) is 0 Å². The number of rotatable bonds is 3. The monoisotopic (exact) mass is 426 g/mol. The molecular formula is C29H30O3. The highest BCUT2D eigenvalue weighted by Crippen LogP contribution is 2.63. The van der Waals surface area contributed by atoms with Crippen LogP contribution in [0.5, 0.6) is 0 Å². The molecule has 3 heteroatoms. The van der Waals surface area contributed by atoms with E-state index in [-0.39, 0.29) is 23.5 Å². The highest BCUT2D eigenvalue weighted by molar-refractivity contribution is 5.66. The summed E-state index contributed by atoms with van der Waals surface area (Å²) in [6.07, 6.45) is -0.0870. The van der Waals surface area contributed by atoms with Gasteiger partial charge in [-0.1, -0.05) is 107 Å². The summed E-state index contributed by atoms with van der Waals surface area (Å²) in [5.41, 5.74) is 5.28. The van der Waals surface area contributed by atoms with Crippen LogP contribution >= 0.6 is 0 Å². The fourth-order valence-electron chi connectivity index (χ4n) is 6.25. The minimum absolute atomic E-state index is 0.0281. The van der Waals surface area contributed by atoms with Gasteiger partial charge in [0.25, 0.3) is 0 Å². The molecule has 0 aromatic heterocycles. The normalized spacial score (nSPS) is 24.1. The molecule has 0 saturated heterocycles. The third kappa shape index (κ3) is 2.98. The molecule has 0 saturated carbocycles. The average molecular weight is 427 g/mol. The van der Waals surface area contributed by atoms with Gasteiger partial charge in [0.05, 0.1) is 5.41 Å². The fourth-order valence-corrected chi connectivity index (χ4v) is 6.25. The van der Waals surface area contributed by atoms with Crippen molar-refractivity contribution >= 4 is 6.16 Å². The van der Waals surface area contributed by atoms with Gasteiger partial charge in [-0.25, -0.2) is 4.79 Å². The first-order valence-electron chi connectivity index (χ1n) is 11.3. The van der Waals surface area contributed by atoms with E-state index in [4.69, 9.17) is 9.47 Å². The minimum atomic E-state index is -0.610. The molecule has 0 fully saturated rings. The molecule has 0 amide bonds. The van der Waals surface area contributed by atoms with Crippen LogP contribution in [0.4, 0.5) is 4.79 Å². The van der Waals surface area contributed by atoms with E-state index in [9.17, 15) is 4.79 Å². The molecule has 0 bridgehead atoms. The maximum absolute atomic E-state index is 13.0. The molecule has 2 aliphatic carbocycles. The van der Waals surface area contributed by atoms with Gasteiger partial charge >= 0.3 is 6.16 Å². The Bertz CT molecular complexity index is 1150. The Morgan fingerprint density at radius 2 is 1.31 bits per heavy atom. The summed E-state index contributed by atoms with van der Waals surface area (Å²) in [5, 5.41) is 0. The number of hydrogen-bond donors (Lipinski definition) is 0. The Labute approximate surface area is 190 Å². The van der Waals surface area contributed by atoms with E-state index >= 15 is 0 Å². The molecule has 5 rings (SSSR count). The lowest BCUT2D eigenvalue weighted by molar-refractivity contribution is -0.0251. The standard InChI is InChI=1S/C29H30O3/c1-27(2)19-29(23-16-10-8-14-21(23)27)24-17-11-9-15-22(24)28(3,4)25(29)32-26(30)31-18-20-12-6-5-7-13-20/h5-17,25H,18-19H2,1-4H3. The number of carbonyl (C=O) groups excluding carboxylic acids is 1. The van der Waals surface area contributed by atoms with E-state index in [0.717, 1.165) is 12.0 Å². The van der Waals surface area contributed by atoms with Crippen LogP contribution < -0.4 is 0 Å². The number of benzene rings is 3. The predicted molar refractivity (Wildman–Crippen MR) is 126 cm³/mol. The van der Waals surface area contributed by atoms with E-state index in [2.05, 4.69) is 76.2 Å². The van der Waals surface area contributed by atoms with E-state index in [0.29, 0.717) is 0 Å². The van der Waals surface area contributed by atoms with Gasteiger partial charge < -0.3 is 9.47 Å². The van der Waals surface area contributed by atoms with Gasteiger partial charge in [0.2, 0.25) is 0 Å². The summed E-state index contributed by atoms with van der Waals surface area (Å²) in [7, 11) is 0. The van der Waals surface area contributed by atoms with Crippen LogP contribution in [0.15, 0.2) is 78.9 Å². The fraction of sp³-hybridized carbons (Fsp3) is 0.345. The summed E-state index contributed by atoms with van der Waals surface area (Å²) in [4.78, 5) is 13.0. The van der Waals surface area contributed by atoms with Gasteiger partial charge in [0.1, 0.15) is 12.7 Å². The summed E-state index contributed by atoms with van der Waals surface area (Å²) < 4.78 is 11.8. The Balaban J connectivity index is 1.56. The zero-order valence-corrected chi connectivity index (χ0v) is 19.2. The lowest BCUT2D eigenvalue weighted by Crippen LogP contribution is -2.46. The Morgan fingerprint density at radius 3 is 1.97 bits per heavy atom. The van der Waals surface area contributed by atoms with Crippen LogP contribution in [0.2, 0.25) is 0 Å². The first-order chi connectivity index (χ1) is 15.3. The first-order valence-corrected chi connectivity index (χ1v) is 11.3. The number of carbonyl (C=O) groups is 1. The molecule has 2 atom stereocenters. The van der Waals surface area contributed by atoms with Gasteiger partial charge in [-0.3, -0.25) is 0 Å². The van der Waals surface area contributed by atoms with Crippen molar-refractivity contribution in [2.75, 3.05) is 0 Å². The van der Waals surface area contributed by atoms with Crippen LogP contribution in [0, 0.1) is 0 Å². The molecule has 0 aliphatic heterocycles. The maximum Gasteiger partial charge on any atom is 0.508 e. The predicted octanol–water partition coefficient (Wildman–Crippen LogP) is 6.67. The van der Waals surface area contributed by atoms with Crippen molar-refractivity contribution < 1.29 is 14.3 Å². The molecule has 3 nitrogen and oxygen atoms in total. The van der Waals surface area contributed by atoms with Crippen LogP contribution in [0.25, 0.3) is 0 Å². The van der Waals surface area contributed by atoms with E-state index in [1.165, 1.54) is 22.3 Å². The highest BCUT2D eigenvalue weighted by atomic mass is 16.7. The smallest absolute Gasteiger partial charge is 0.429 e. The SMILES string of the molecule is CC1(C)CC2(c3ccccc31)c1ccccc1C(C)(C)C2OC(=O)OCc1ccccc1. The van der Waals surface area contributed by atoms with Gasteiger partial charge in [0, 0.05) is 5.41 Å². The Morgan fingerprint density at radius 1 is 0.781 bits per heavy atom. The quantitative estimate of drug-likeness (QED) is 0.439. The van der Waals surface area contributed by atoms with Crippen molar-refractivity contribution in [1.29, 1.82) is 0 Å². The zero-order chi connectivity index (χ0) is 22.6. The van der Waals surface area contributed by atoms with E-state index in [1.54, 1.807) is 0 Å². The molecule has 2 unspecified atom stereocenters.